The maximum absolute atomic E-state index is 9.96. The Morgan fingerprint density at radius 3 is 2.31 bits per heavy atom. The lowest BCUT2D eigenvalue weighted by atomic mass is 9.96. The normalized spacial score (nSPS) is 17.1. The lowest BCUT2D eigenvalue weighted by Gasteiger charge is -2.26. The SMILES string of the molecule is CC(C)O.CCc1cccc(OC2CCC2)c1.O=CNC1CCCCC1. The molecule has 4 nitrogen and oxygen atoms in total. The van der Waals surface area contributed by atoms with Crippen LogP contribution in [0.5, 0.6) is 5.75 Å². The smallest absolute Gasteiger partial charge is 0.207 e. The molecule has 2 fully saturated rings. The van der Waals surface area contributed by atoms with Crippen LogP contribution in [0.15, 0.2) is 24.3 Å². The predicted molar refractivity (Wildman–Crippen MR) is 108 cm³/mol. The van der Waals surface area contributed by atoms with E-state index in [9.17, 15) is 4.79 Å². The quantitative estimate of drug-likeness (QED) is 0.750. The van der Waals surface area contributed by atoms with Gasteiger partial charge >= 0.3 is 0 Å². The molecule has 148 valence electrons. The van der Waals surface area contributed by atoms with Gasteiger partial charge in [0.05, 0.1) is 6.10 Å². The number of amides is 1. The number of carbonyl (C=O) groups excluding carboxylic acids is 1. The molecule has 2 N–H and O–H groups in total. The average molecular weight is 364 g/mol. The number of ether oxygens (including phenoxy) is 1. The minimum atomic E-state index is -0.167. The fourth-order valence-electron chi connectivity index (χ4n) is 2.89. The molecule has 0 aromatic heterocycles. The standard InChI is InChI=1S/C12H16O.C7H13NO.C3H8O/c1-2-10-5-3-8-12(9-10)13-11-6-4-7-11;9-6-8-7-4-2-1-3-5-7;1-3(2)4/h3,5,8-9,11H,2,4,6-7H2,1H3;6-7H,1-5H2,(H,8,9);3-4H,1-2H3. The van der Waals surface area contributed by atoms with E-state index in [1.807, 2.05) is 0 Å². The van der Waals surface area contributed by atoms with Crippen molar-refractivity contribution in [1.82, 2.24) is 5.32 Å². The van der Waals surface area contributed by atoms with Gasteiger partial charge in [-0.05, 0) is 70.1 Å². The van der Waals surface area contributed by atoms with Crippen LogP contribution in [0.2, 0.25) is 0 Å². The predicted octanol–water partition coefficient (Wildman–Crippen LogP) is 4.63. The third kappa shape index (κ3) is 10.4. The van der Waals surface area contributed by atoms with Crippen LogP contribution in [0.3, 0.4) is 0 Å². The van der Waals surface area contributed by atoms with E-state index < -0.39 is 0 Å². The minimum absolute atomic E-state index is 0.167. The van der Waals surface area contributed by atoms with Crippen LogP contribution in [0.1, 0.15) is 77.7 Å². The molecule has 0 bridgehead atoms. The molecule has 2 aliphatic rings. The second kappa shape index (κ2) is 13.6. The van der Waals surface area contributed by atoms with Gasteiger partial charge in [0.2, 0.25) is 6.41 Å². The Labute approximate surface area is 159 Å². The van der Waals surface area contributed by atoms with E-state index >= 15 is 0 Å². The van der Waals surface area contributed by atoms with Crippen LogP contribution in [0.25, 0.3) is 0 Å². The molecule has 2 aliphatic carbocycles. The van der Waals surface area contributed by atoms with Crippen LogP contribution in [-0.2, 0) is 11.2 Å². The summed E-state index contributed by atoms with van der Waals surface area (Å²) < 4.78 is 5.79. The number of rotatable bonds is 5. The molecule has 1 aromatic carbocycles. The highest BCUT2D eigenvalue weighted by Gasteiger charge is 2.18. The first kappa shape index (κ1) is 22.5. The fourth-order valence-corrected chi connectivity index (χ4v) is 2.89. The van der Waals surface area contributed by atoms with Gasteiger partial charge in [-0.1, -0.05) is 38.3 Å². The molecular weight excluding hydrogens is 326 g/mol. The summed E-state index contributed by atoms with van der Waals surface area (Å²) in [6.45, 7) is 5.61. The van der Waals surface area contributed by atoms with Crippen molar-refractivity contribution in [1.29, 1.82) is 0 Å². The molecular formula is C22H37NO3. The molecule has 26 heavy (non-hydrogen) atoms. The first-order valence-electron chi connectivity index (χ1n) is 10.2. The number of aliphatic hydroxyl groups is 1. The van der Waals surface area contributed by atoms with Crippen molar-refractivity contribution in [3.05, 3.63) is 29.8 Å². The van der Waals surface area contributed by atoms with Crippen LogP contribution < -0.4 is 10.1 Å². The number of hydrogen-bond acceptors (Lipinski definition) is 3. The average Bonchev–Trinajstić information content (AvgIpc) is 2.60. The van der Waals surface area contributed by atoms with Gasteiger partial charge in [-0.2, -0.15) is 0 Å². The molecule has 1 aromatic rings. The number of aryl methyl sites for hydroxylation is 1. The van der Waals surface area contributed by atoms with Crippen LogP contribution in [-0.4, -0.2) is 29.8 Å². The van der Waals surface area contributed by atoms with Crippen LogP contribution >= 0.6 is 0 Å². The summed E-state index contributed by atoms with van der Waals surface area (Å²) in [5.41, 5.74) is 1.36. The van der Waals surface area contributed by atoms with Crippen LogP contribution in [0, 0.1) is 0 Å². The Morgan fingerprint density at radius 1 is 1.15 bits per heavy atom. The Kier molecular flexibility index (Phi) is 11.8. The summed E-state index contributed by atoms with van der Waals surface area (Å²) >= 11 is 0. The van der Waals surface area contributed by atoms with Gasteiger partial charge in [0, 0.05) is 12.1 Å². The molecule has 4 heteroatoms. The van der Waals surface area contributed by atoms with E-state index in [0.717, 1.165) is 18.6 Å². The van der Waals surface area contributed by atoms with Crippen molar-refractivity contribution >= 4 is 6.41 Å². The summed E-state index contributed by atoms with van der Waals surface area (Å²) in [4.78, 5) is 9.96. The van der Waals surface area contributed by atoms with E-state index in [1.165, 1.54) is 56.9 Å². The van der Waals surface area contributed by atoms with Gasteiger partial charge in [0.1, 0.15) is 5.75 Å². The monoisotopic (exact) mass is 363 g/mol. The summed E-state index contributed by atoms with van der Waals surface area (Å²) in [6.07, 6.45) is 12.3. The van der Waals surface area contributed by atoms with E-state index in [4.69, 9.17) is 9.84 Å². The molecule has 0 unspecified atom stereocenters. The Balaban J connectivity index is 0.000000227. The zero-order valence-electron chi connectivity index (χ0n) is 16.7. The van der Waals surface area contributed by atoms with Gasteiger partial charge in [0.25, 0.3) is 0 Å². The van der Waals surface area contributed by atoms with Gasteiger partial charge in [-0.3, -0.25) is 4.79 Å². The second-order valence-corrected chi connectivity index (χ2v) is 7.38. The molecule has 0 atom stereocenters. The summed E-state index contributed by atoms with van der Waals surface area (Å²) in [5, 5.41) is 10.9. The first-order valence-corrected chi connectivity index (χ1v) is 10.2. The highest BCUT2D eigenvalue weighted by Crippen LogP contribution is 2.25. The highest BCUT2D eigenvalue weighted by molar-refractivity contribution is 5.46. The Bertz CT molecular complexity index is 477. The van der Waals surface area contributed by atoms with Crippen molar-refractivity contribution in [3.8, 4) is 5.75 Å². The third-order valence-electron chi connectivity index (χ3n) is 4.57. The summed E-state index contributed by atoms with van der Waals surface area (Å²) in [6, 6.07) is 8.91. The van der Waals surface area contributed by atoms with Crippen molar-refractivity contribution in [3.63, 3.8) is 0 Å². The molecule has 0 radical (unpaired) electrons. The first-order chi connectivity index (χ1) is 12.5. The number of benzene rings is 1. The summed E-state index contributed by atoms with van der Waals surface area (Å²) in [7, 11) is 0. The molecule has 0 heterocycles. The maximum Gasteiger partial charge on any atom is 0.207 e. The Hall–Kier alpha value is -1.55. The number of hydrogen-bond donors (Lipinski definition) is 2. The lowest BCUT2D eigenvalue weighted by molar-refractivity contribution is -0.110. The molecule has 2 saturated carbocycles. The summed E-state index contributed by atoms with van der Waals surface area (Å²) in [5.74, 6) is 1.05. The molecule has 0 spiro atoms. The van der Waals surface area contributed by atoms with Crippen LogP contribution in [0.4, 0.5) is 0 Å². The molecule has 0 saturated heterocycles. The third-order valence-corrected chi connectivity index (χ3v) is 4.57. The highest BCUT2D eigenvalue weighted by atomic mass is 16.5. The molecule has 0 aliphatic heterocycles. The largest absolute Gasteiger partial charge is 0.490 e. The van der Waals surface area contributed by atoms with E-state index in [0.29, 0.717) is 12.1 Å². The lowest BCUT2D eigenvalue weighted by Crippen LogP contribution is -2.29. The number of aliphatic hydroxyl groups excluding tert-OH is 1. The topological polar surface area (TPSA) is 58.6 Å². The van der Waals surface area contributed by atoms with Gasteiger partial charge in [-0.15, -0.1) is 0 Å². The zero-order chi connectivity index (χ0) is 19.2. The second-order valence-electron chi connectivity index (χ2n) is 7.38. The van der Waals surface area contributed by atoms with Crippen molar-refractivity contribution in [2.75, 3.05) is 0 Å². The van der Waals surface area contributed by atoms with Gasteiger partial charge in [-0.25, -0.2) is 0 Å². The molecule has 3 rings (SSSR count). The maximum atomic E-state index is 9.96. The van der Waals surface area contributed by atoms with E-state index in [1.54, 1.807) is 13.8 Å². The van der Waals surface area contributed by atoms with Crippen molar-refractivity contribution in [2.45, 2.75) is 96.8 Å². The number of nitrogens with one attached hydrogen (secondary N) is 1. The minimum Gasteiger partial charge on any atom is -0.490 e. The zero-order valence-corrected chi connectivity index (χ0v) is 16.7. The van der Waals surface area contributed by atoms with Gasteiger partial charge < -0.3 is 15.2 Å². The Morgan fingerprint density at radius 2 is 1.81 bits per heavy atom. The number of carbonyl (C=O) groups is 1. The van der Waals surface area contributed by atoms with E-state index in [2.05, 4.69) is 36.5 Å². The van der Waals surface area contributed by atoms with Crippen molar-refractivity contribution in [2.24, 2.45) is 0 Å². The van der Waals surface area contributed by atoms with E-state index in [-0.39, 0.29) is 6.10 Å². The van der Waals surface area contributed by atoms with Gasteiger partial charge in [0.15, 0.2) is 0 Å². The van der Waals surface area contributed by atoms with Crippen molar-refractivity contribution < 1.29 is 14.6 Å². The molecule has 1 amide bonds. The fraction of sp³-hybridized carbons (Fsp3) is 0.682.